The molecule has 1 amide bonds. The SMILES string of the molecule is CC[C@@H](C(=O)[C@@H](C)[C@@H](O)[C@H](C)[C@@H]1O[C@@H]([C@@H](CC)C(=O)O)CCC1C)[C@H]1O[C@]2(C=C[C@@H](OC(=O)N(C)C)[C@]3(CC[C@@](C)([C@H]4CC[C@](O)(CC)[C@H](C)O4)O3)O2)[C@H](C)C[C@@H]1C. The van der Waals surface area contributed by atoms with Crippen LogP contribution in [0.4, 0.5) is 4.79 Å². The van der Waals surface area contributed by atoms with E-state index in [1.807, 2.05) is 53.7 Å². The summed E-state index contributed by atoms with van der Waals surface area (Å²) in [5.41, 5.74) is -1.74. The van der Waals surface area contributed by atoms with Crippen molar-refractivity contribution in [1.29, 1.82) is 0 Å². The van der Waals surface area contributed by atoms with Gasteiger partial charge in [-0.3, -0.25) is 9.59 Å². The Kier molecular flexibility index (Phi) is 14.6. The second-order valence-electron chi connectivity index (χ2n) is 19.2. The summed E-state index contributed by atoms with van der Waals surface area (Å²) in [5.74, 6) is -6.15. The van der Waals surface area contributed by atoms with Crippen molar-refractivity contribution in [2.24, 2.45) is 41.4 Å². The summed E-state index contributed by atoms with van der Waals surface area (Å²) in [7, 11) is 3.24. The van der Waals surface area contributed by atoms with Gasteiger partial charge in [0.15, 0.2) is 11.9 Å². The largest absolute Gasteiger partial charge is 0.481 e. The molecule has 0 aromatic carbocycles. The molecule has 0 aliphatic carbocycles. The molecule has 4 fully saturated rings. The highest BCUT2D eigenvalue weighted by Crippen LogP contribution is 2.54. The maximum Gasteiger partial charge on any atom is 0.410 e. The molecule has 0 aromatic heterocycles. The van der Waals surface area contributed by atoms with Crippen molar-refractivity contribution in [3.05, 3.63) is 12.2 Å². The number of rotatable bonds is 13. The van der Waals surface area contributed by atoms with E-state index in [4.69, 9.17) is 28.4 Å². The number of aliphatic carboxylic acids is 1. The Morgan fingerprint density at radius 3 is 2.16 bits per heavy atom. The van der Waals surface area contributed by atoms with Gasteiger partial charge in [-0.2, -0.15) is 0 Å². The van der Waals surface area contributed by atoms with Gasteiger partial charge in [0, 0.05) is 44.2 Å². The van der Waals surface area contributed by atoms with Crippen LogP contribution in [0.1, 0.15) is 133 Å². The van der Waals surface area contributed by atoms with Crippen molar-refractivity contribution in [2.45, 2.75) is 199 Å². The second-order valence-corrected chi connectivity index (χ2v) is 19.2. The minimum atomic E-state index is -1.42. The lowest BCUT2D eigenvalue weighted by Crippen LogP contribution is -2.63. The number of hydrogen-bond donors (Lipinski definition) is 3. The van der Waals surface area contributed by atoms with Crippen molar-refractivity contribution in [3.8, 4) is 0 Å². The van der Waals surface area contributed by atoms with Gasteiger partial charge >= 0.3 is 12.1 Å². The Balaban J connectivity index is 1.38. The maximum absolute atomic E-state index is 14.6. The normalized spacial score (nSPS) is 43.0. The van der Waals surface area contributed by atoms with Crippen LogP contribution in [0, 0.1) is 41.4 Å². The van der Waals surface area contributed by atoms with Gasteiger partial charge in [-0.15, -0.1) is 0 Å². The first-order valence-corrected chi connectivity index (χ1v) is 22.2. The number of carboxylic acids is 1. The zero-order valence-electron chi connectivity index (χ0n) is 37.3. The van der Waals surface area contributed by atoms with E-state index in [-0.39, 0.29) is 29.6 Å². The monoisotopic (exact) mass is 822 g/mol. The average molecular weight is 822 g/mol. The number of aliphatic hydroxyl groups is 2. The summed E-state index contributed by atoms with van der Waals surface area (Å²) < 4.78 is 40.2. The third kappa shape index (κ3) is 8.93. The Hall–Kier alpha value is -2.13. The van der Waals surface area contributed by atoms with Crippen LogP contribution in [0.2, 0.25) is 0 Å². The van der Waals surface area contributed by atoms with E-state index in [0.29, 0.717) is 57.8 Å². The lowest BCUT2D eigenvalue weighted by Gasteiger charge is -2.54. The fourth-order valence-electron chi connectivity index (χ4n) is 10.8. The Morgan fingerprint density at radius 1 is 0.897 bits per heavy atom. The molecule has 0 radical (unpaired) electrons. The summed E-state index contributed by atoms with van der Waals surface area (Å²) in [6.45, 7) is 19.6. The van der Waals surface area contributed by atoms with Crippen LogP contribution >= 0.6 is 0 Å². The highest BCUT2D eigenvalue weighted by molar-refractivity contribution is 5.84. The first-order chi connectivity index (χ1) is 27.1. The van der Waals surface area contributed by atoms with Crippen molar-refractivity contribution in [2.75, 3.05) is 14.1 Å². The molecule has 13 nitrogen and oxygen atoms in total. The molecule has 3 N–H and O–H groups in total. The number of ketones is 1. The summed E-state index contributed by atoms with van der Waals surface area (Å²) >= 11 is 0. The molecule has 0 saturated carbocycles. The van der Waals surface area contributed by atoms with E-state index in [9.17, 15) is 29.7 Å². The van der Waals surface area contributed by atoms with Gasteiger partial charge in [0.1, 0.15) is 5.78 Å². The molecule has 5 aliphatic rings. The summed E-state index contributed by atoms with van der Waals surface area (Å²) in [5, 5.41) is 32.8. The smallest absolute Gasteiger partial charge is 0.410 e. The van der Waals surface area contributed by atoms with Gasteiger partial charge in [-0.25, -0.2) is 4.79 Å². The molecule has 18 atom stereocenters. The van der Waals surface area contributed by atoms with Crippen LogP contribution in [-0.2, 0) is 38.0 Å². The number of hydrogen-bond acceptors (Lipinski definition) is 11. The summed E-state index contributed by atoms with van der Waals surface area (Å²) in [6, 6.07) is 0. The van der Waals surface area contributed by atoms with Gasteiger partial charge < -0.3 is 48.6 Å². The third-order valence-electron chi connectivity index (χ3n) is 15.0. The number of carbonyl (C=O) groups excluding carboxylic acids is 2. The second kappa shape index (κ2) is 18.1. The van der Waals surface area contributed by atoms with Crippen molar-refractivity contribution >= 4 is 17.8 Å². The Labute approximate surface area is 346 Å². The van der Waals surface area contributed by atoms with Crippen LogP contribution in [0.5, 0.6) is 0 Å². The molecule has 5 heterocycles. The lowest BCUT2D eigenvalue weighted by molar-refractivity contribution is -0.408. The Morgan fingerprint density at radius 2 is 1.57 bits per heavy atom. The summed E-state index contributed by atoms with van der Waals surface area (Å²) in [6.07, 6.45) is 4.76. The molecule has 4 saturated heterocycles. The van der Waals surface area contributed by atoms with E-state index >= 15 is 0 Å². The van der Waals surface area contributed by atoms with Crippen molar-refractivity contribution in [3.63, 3.8) is 0 Å². The van der Waals surface area contributed by atoms with Crippen LogP contribution in [0.25, 0.3) is 0 Å². The van der Waals surface area contributed by atoms with Gasteiger partial charge in [0.05, 0.1) is 53.7 Å². The molecule has 0 bridgehead atoms. The standard InChI is InChI=1S/C45H75NO12/c1-13-31(40(49)50)33-17-16-25(4)38(54-33)29(8)36(47)28(7)37(48)32(14-2)39-26(5)24-27(6)44(56-39)21-19-35(55-41(51)46(11)12)45(58-44)23-22-42(10,57-45)34-18-20-43(52,15-3)30(9)53-34/h19,21,25-36,38-39,47,52H,13-18,20,22-24H2,1-12H3,(H,49,50)/t25?,26-,27+,28-,29-,30-,31+,32-,33+,34+,35+,36+,38+,39-,42-,43+,44-,45-/m0/s1. The first kappa shape index (κ1) is 46.9. The Bertz CT molecular complexity index is 1490. The fraction of sp³-hybridized carbons (Fsp3) is 0.889. The molecule has 58 heavy (non-hydrogen) atoms. The third-order valence-corrected chi connectivity index (χ3v) is 15.0. The van der Waals surface area contributed by atoms with E-state index < -0.39 is 95.1 Å². The van der Waals surface area contributed by atoms with Gasteiger partial charge in [0.2, 0.25) is 5.79 Å². The van der Waals surface area contributed by atoms with E-state index in [1.165, 1.54) is 4.90 Å². The van der Waals surface area contributed by atoms with Crippen molar-refractivity contribution < 1.29 is 58.1 Å². The zero-order valence-corrected chi connectivity index (χ0v) is 37.3. The molecule has 5 aliphatic heterocycles. The number of carbonyl (C=O) groups is 3. The van der Waals surface area contributed by atoms with Crippen LogP contribution in [-0.4, -0.2) is 118 Å². The molecule has 13 heteroatoms. The van der Waals surface area contributed by atoms with Crippen LogP contribution < -0.4 is 0 Å². The molecule has 1 unspecified atom stereocenters. The van der Waals surface area contributed by atoms with Crippen LogP contribution in [0.15, 0.2) is 12.2 Å². The minimum absolute atomic E-state index is 0.0257. The molecule has 0 aromatic rings. The highest BCUT2D eigenvalue weighted by Gasteiger charge is 2.64. The molecule has 332 valence electrons. The predicted octanol–water partition coefficient (Wildman–Crippen LogP) is 6.89. The molecule has 5 rings (SSSR count). The zero-order chi connectivity index (χ0) is 43.1. The van der Waals surface area contributed by atoms with Gasteiger partial charge in [-0.1, -0.05) is 55.4 Å². The number of Topliss-reactive ketones (excluding diaryl/α,β-unsaturated/α-hetero) is 1. The fourth-order valence-corrected chi connectivity index (χ4v) is 10.8. The number of amides is 1. The molecule has 2 spiro atoms. The van der Waals surface area contributed by atoms with Crippen molar-refractivity contribution in [1.82, 2.24) is 4.90 Å². The summed E-state index contributed by atoms with van der Waals surface area (Å²) in [4.78, 5) is 41.0. The first-order valence-electron chi connectivity index (χ1n) is 22.2. The van der Waals surface area contributed by atoms with Gasteiger partial charge in [0.25, 0.3) is 0 Å². The van der Waals surface area contributed by atoms with E-state index in [1.54, 1.807) is 21.0 Å². The van der Waals surface area contributed by atoms with E-state index in [0.717, 1.165) is 6.42 Å². The number of aliphatic hydroxyl groups excluding tert-OH is 1. The van der Waals surface area contributed by atoms with Gasteiger partial charge in [-0.05, 0) is 95.6 Å². The van der Waals surface area contributed by atoms with E-state index in [2.05, 4.69) is 20.8 Å². The molecular weight excluding hydrogens is 746 g/mol. The lowest BCUT2D eigenvalue weighted by atomic mass is 9.72. The number of ether oxygens (including phenoxy) is 6. The number of carboxylic acid groups (broad SMARTS) is 1. The molecular formula is C45H75NO12. The average Bonchev–Trinajstić information content (AvgIpc) is 3.52. The minimum Gasteiger partial charge on any atom is -0.481 e. The maximum atomic E-state index is 14.6. The topological polar surface area (TPSA) is 171 Å². The highest BCUT2D eigenvalue weighted by atomic mass is 16.8. The quantitative estimate of drug-likeness (QED) is 0.165. The predicted molar refractivity (Wildman–Crippen MR) is 217 cm³/mol. The van der Waals surface area contributed by atoms with Crippen LogP contribution in [0.3, 0.4) is 0 Å². The number of nitrogens with zero attached hydrogens (tertiary/aromatic N) is 1.